The Morgan fingerprint density at radius 3 is 2.73 bits per heavy atom. The molecule has 0 spiro atoms. The smallest absolute Gasteiger partial charge is 0.272 e. The van der Waals surface area contributed by atoms with E-state index in [1.54, 1.807) is 30.2 Å². The van der Waals surface area contributed by atoms with E-state index >= 15 is 0 Å². The zero-order valence-corrected chi connectivity index (χ0v) is 14.7. The van der Waals surface area contributed by atoms with Gasteiger partial charge in [0.05, 0.1) is 12.3 Å². The van der Waals surface area contributed by atoms with Gasteiger partial charge in [-0.25, -0.2) is 14.4 Å². The molecule has 0 bridgehead atoms. The predicted molar refractivity (Wildman–Crippen MR) is 96.9 cm³/mol. The van der Waals surface area contributed by atoms with Crippen LogP contribution >= 0.6 is 0 Å². The Kier molecular flexibility index (Phi) is 5.96. The van der Waals surface area contributed by atoms with Crippen molar-refractivity contribution in [2.75, 3.05) is 56.7 Å². The van der Waals surface area contributed by atoms with Crippen molar-refractivity contribution in [1.82, 2.24) is 14.9 Å². The lowest BCUT2D eigenvalue weighted by molar-refractivity contribution is 0.0740. The molecule has 1 aromatic heterocycles. The number of hydrogen-bond donors (Lipinski definition) is 1. The highest BCUT2D eigenvalue weighted by Gasteiger charge is 2.24. The Hall–Kier alpha value is -2.74. The standard InChI is InChI=1S/C18H22FN5O2/c1-26-11-6-20-17-12-15(21-13-22-17)18(25)24-9-7-23(8-10-24)16-5-3-2-4-14(16)19/h2-5,12-13H,6-11H2,1H3,(H,20,21,22). The van der Waals surface area contributed by atoms with Gasteiger partial charge >= 0.3 is 0 Å². The number of nitrogens with zero attached hydrogens (tertiary/aromatic N) is 4. The van der Waals surface area contributed by atoms with E-state index < -0.39 is 0 Å². The van der Waals surface area contributed by atoms with Gasteiger partial charge in [0.25, 0.3) is 5.91 Å². The monoisotopic (exact) mass is 359 g/mol. The summed E-state index contributed by atoms with van der Waals surface area (Å²) in [5.41, 5.74) is 0.922. The first-order valence-electron chi connectivity index (χ1n) is 8.52. The topological polar surface area (TPSA) is 70.6 Å². The molecule has 1 saturated heterocycles. The van der Waals surface area contributed by atoms with Crippen LogP contribution in [0.2, 0.25) is 0 Å². The summed E-state index contributed by atoms with van der Waals surface area (Å²) < 4.78 is 18.9. The number of piperazine rings is 1. The van der Waals surface area contributed by atoms with Gasteiger partial charge in [0.1, 0.15) is 23.7 Å². The molecule has 0 saturated carbocycles. The molecule has 26 heavy (non-hydrogen) atoms. The van der Waals surface area contributed by atoms with Gasteiger partial charge in [0.15, 0.2) is 0 Å². The lowest BCUT2D eigenvalue weighted by Gasteiger charge is -2.36. The summed E-state index contributed by atoms with van der Waals surface area (Å²) in [5.74, 6) is 0.204. The maximum atomic E-state index is 13.9. The minimum atomic E-state index is -0.241. The predicted octanol–water partition coefficient (Wildman–Crippen LogP) is 1.64. The number of halogens is 1. The van der Waals surface area contributed by atoms with Crippen LogP contribution in [0.1, 0.15) is 10.5 Å². The molecule has 1 N–H and O–H groups in total. The summed E-state index contributed by atoms with van der Waals surface area (Å²) in [6.07, 6.45) is 1.37. The average molecular weight is 359 g/mol. The molecular weight excluding hydrogens is 337 g/mol. The second kappa shape index (κ2) is 8.57. The SMILES string of the molecule is COCCNc1cc(C(=O)N2CCN(c3ccccc3F)CC2)ncn1. The van der Waals surface area contributed by atoms with Crippen LogP contribution in [0.4, 0.5) is 15.9 Å². The van der Waals surface area contributed by atoms with E-state index in [9.17, 15) is 9.18 Å². The third-order valence-corrected chi connectivity index (χ3v) is 4.26. The van der Waals surface area contributed by atoms with Gasteiger partial charge in [0, 0.05) is 45.9 Å². The number of amides is 1. The Balaban J connectivity index is 1.60. The maximum absolute atomic E-state index is 13.9. The Morgan fingerprint density at radius 1 is 1.23 bits per heavy atom. The summed E-state index contributed by atoms with van der Waals surface area (Å²) in [5, 5.41) is 3.08. The number of methoxy groups -OCH3 is 1. The quantitative estimate of drug-likeness (QED) is 0.791. The lowest BCUT2D eigenvalue weighted by atomic mass is 10.2. The van der Waals surface area contributed by atoms with Crippen LogP contribution in [-0.4, -0.2) is 67.2 Å². The van der Waals surface area contributed by atoms with Crippen LogP contribution in [0.5, 0.6) is 0 Å². The Morgan fingerprint density at radius 2 is 2.00 bits per heavy atom. The highest BCUT2D eigenvalue weighted by Crippen LogP contribution is 2.20. The van der Waals surface area contributed by atoms with Crippen molar-refractivity contribution >= 4 is 17.4 Å². The van der Waals surface area contributed by atoms with Gasteiger partial charge in [0.2, 0.25) is 0 Å². The van der Waals surface area contributed by atoms with Crippen LogP contribution in [0.3, 0.4) is 0 Å². The Labute approximate surface area is 151 Å². The fourth-order valence-corrected chi connectivity index (χ4v) is 2.87. The van der Waals surface area contributed by atoms with Crippen molar-refractivity contribution in [2.24, 2.45) is 0 Å². The van der Waals surface area contributed by atoms with Gasteiger partial charge in [-0.3, -0.25) is 4.79 Å². The molecule has 1 aromatic carbocycles. The minimum Gasteiger partial charge on any atom is -0.383 e. The van der Waals surface area contributed by atoms with Crippen LogP contribution in [0.15, 0.2) is 36.7 Å². The number of nitrogens with one attached hydrogen (secondary N) is 1. The second-order valence-electron chi connectivity index (χ2n) is 5.94. The van der Waals surface area contributed by atoms with Gasteiger partial charge in [-0.1, -0.05) is 12.1 Å². The fourth-order valence-electron chi connectivity index (χ4n) is 2.87. The van der Waals surface area contributed by atoms with Crippen LogP contribution in [0, 0.1) is 5.82 Å². The summed E-state index contributed by atoms with van der Waals surface area (Å²) in [6.45, 7) is 3.34. The second-order valence-corrected chi connectivity index (χ2v) is 5.94. The highest BCUT2D eigenvalue weighted by atomic mass is 19.1. The molecular formula is C18H22FN5O2. The van der Waals surface area contributed by atoms with E-state index in [1.165, 1.54) is 12.4 Å². The van der Waals surface area contributed by atoms with E-state index in [0.717, 1.165) is 0 Å². The van der Waals surface area contributed by atoms with Crippen molar-refractivity contribution in [2.45, 2.75) is 0 Å². The molecule has 138 valence electrons. The molecule has 0 atom stereocenters. The van der Waals surface area contributed by atoms with Crippen molar-refractivity contribution in [1.29, 1.82) is 0 Å². The average Bonchev–Trinajstić information content (AvgIpc) is 2.68. The summed E-state index contributed by atoms with van der Waals surface area (Å²) in [4.78, 5) is 24.6. The number of carbonyl (C=O) groups is 1. The van der Waals surface area contributed by atoms with Gasteiger partial charge in [-0.15, -0.1) is 0 Å². The van der Waals surface area contributed by atoms with E-state index in [4.69, 9.17) is 4.74 Å². The van der Waals surface area contributed by atoms with E-state index in [0.29, 0.717) is 56.5 Å². The molecule has 3 rings (SSSR count). The van der Waals surface area contributed by atoms with Gasteiger partial charge in [-0.2, -0.15) is 0 Å². The highest BCUT2D eigenvalue weighted by molar-refractivity contribution is 5.93. The summed E-state index contributed by atoms with van der Waals surface area (Å²) in [7, 11) is 1.62. The van der Waals surface area contributed by atoms with Gasteiger partial charge < -0.3 is 19.9 Å². The molecule has 0 unspecified atom stereocenters. The number of ether oxygens (including phenoxy) is 1. The molecule has 1 aliphatic rings. The van der Waals surface area contributed by atoms with Crippen molar-refractivity contribution in [3.8, 4) is 0 Å². The summed E-state index contributed by atoms with van der Waals surface area (Å²) >= 11 is 0. The van der Waals surface area contributed by atoms with Crippen LogP contribution in [-0.2, 0) is 4.74 Å². The third kappa shape index (κ3) is 4.26. The fraction of sp³-hybridized carbons (Fsp3) is 0.389. The third-order valence-electron chi connectivity index (χ3n) is 4.26. The minimum absolute atomic E-state index is 0.143. The number of para-hydroxylation sites is 1. The maximum Gasteiger partial charge on any atom is 0.272 e. The Bertz CT molecular complexity index is 750. The van der Waals surface area contributed by atoms with E-state index in [2.05, 4.69) is 15.3 Å². The first-order chi connectivity index (χ1) is 12.7. The summed E-state index contributed by atoms with van der Waals surface area (Å²) in [6, 6.07) is 8.34. The normalized spacial score (nSPS) is 14.4. The first-order valence-corrected chi connectivity index (χ1v) is 8.52. The van der Waals surface area contributed by atoms with Crippen LogP contribution in [0.25, 0.3) is 0 Å². The first kappa shape index (κ1) is 18.1. The molecule has 8 heteroatoms. The number of aromatic nitrogens is 2. The zero-order chi connectivity index (χ0) is 18.4. The molecule has 1 fully saturated rings. The largest absolute Gasteiger partial charge is 0.383 e. The molecule has 1 aliphatic heterocycles. The molecule has 0 radical (unpaired) electrons. The van der Waals surface area contributed by atoms with Crippen molar-refractivity contribution in [3.05, 3.63) is 48.2 Å². The molecule has 2 heterocycles. The molecule has 2 aromatic rings. The number of benzene rings is 1. The molecule has 1 amide bonds. The van der Waals surface area contributed by atoms with Crippen molar-refractivity contribution < 1.29 is 13.9 Å². The van der Waals surface area contributed by atoms with E-state index in [1.807, 2.05) is 11.0 Å². The number of carbonyl (C=O) groups excluding carboxylic acids is 1. The van der Waals surface area contributed by atoms with E-state index in [-0.39, 0.29) is 11.7 Å². The lowest BCUT2D eigenvalue weighted by Crippen LogP contribution is -2.49. The zero-order valence-electron chi connectivity index (χ0n) is 14.7. The van der Waals surface area contributed by atoms with Gasteiger partial charge in [-0.05, 0) is 12.1 Å². The number of hydrogen-bond acceptors (Lipinski definition) is 6. The molecule has 0 aliphatic carbocycles. The molecule has 7 nitrogen and oxygen atoms in total. The number of rotatable bonds is 6. The van der Waals surface area contributed by atoms with Crippen LogP contribution < -0.4 is 10.2 Å². The number of anilines is 2. The van der Waals surface area contributed by atoms with Crippen molar-refractivity contribution in [3.63, 3.8) is 0 Å².